The van der Waals surface area contributed by atoms with Gasteiger partial charge in [-0.05, 0) is 41.7 Å². The molecular formula is C21H30N4O2S. The second kappa shape index (κ2) is 9.68. The predicted octanol–water partition coefficient (Wildman–Crippen LogP) is 2.90. The van der Waals surface area contributed by atoms with Gasteiger partial charge in [0.15, 0.2) is 15.8 Å². The van der Waals surface area contributed by atoms with Crippen LogP contribution in [0.25, 0.3) is 0 Å². The number of aromatic nitrogens is 1. The molecule has 0 bridgehead atoms. The number of hydrogen-bond donors (Lipinski definition) is 2. The number of guanidine groups is 1. The summed E-state index contributed by atoms with van der Waals surface area (Å²) in [6, 6.07) is 9.44. The lowest BCUT2D eigenvalue weighted by atomic mass is 9.89. The summed E-state index contributed by atoms with van der Waals surface area (Å²) >= 11 is 0. The van der Waals surface area contributed by atoms with Crippen molar-refractivity contribution < 1.29 is 8.42 Å². The maximum absolute atomic E-state index is 11.7. The number of aryl methyl sites for hydroxylation is 1. The molecule has 152 valence electrons. The zero-order chi connectivity index (χ0) is 20.7. The summed E-state index contributed by atoms with van der Waals surface area (Å²) in [7, 11) is -1.46. The van der Waals surface area contributed by atoms with Gasteiger partial charge < -0.3 is 10.6 Å². The van der Waals surface area contributed by atoms with Crippen LogP contribution >= 0.6 is 0 Å². The van der Waals surface area contributed by atoms with Gasteiger partial charge in [0.25, 0.3) is 0 Å². The fourth-order valence-electron chi connectivity index (χ4n) is 3.18. The maximum Gasteiger partial charge on any atom is 0.191 e. The van der Waals surface area contributed by atoms with E-state index in [4.69, 9.17) is 0 Å². The molecule has 2 N–H and O–H groups in total. The molecule has 2 aromatic rings. The highest BCUT2D eigenvalue weighted by atomic mass is 32.2. The van der Waals surface area contributed by atoms with Gasteiger partial charge in [-0.2, -0.15) is 0 Å². The third-order valence-electron chi connectivity index (χ3n) is 4.73. The summed E-state index contributed by atoms with van der Waals surface area (Å²) in [4.78, 5) is 8.89. The van der Waals surface area contributed by atoms with Crippen molar-refractivity contribution in [1.29, 1.82) is 0 Å². The summed E-state index contributed by atoms with van der Waals surface area (Å²) in [5, 5.41) is 6.68. The molecule has 1 atom stereocenters. The predicted molar refractivity (Wildman–Crippen MR) is 114 cm³/mol. The monoisotopic (exact) mass is 402 g/mol. The Hall–Kier alpha value is -2.41. The number of aliphatic imine (C=N–C) groups is 1. The fraction of sp³-hybridized carbons (Fsp3) is 0.429. The SMILES string of the molecule is CN=C(NCc1ccc(S(C)(=O)=O)c(C)c1)NCC(c1cccnc1)C(C)C. The number of nitrogens with zero attached hydrogens (tertiary/aromatic N) is 2. The molecule has 0 aliphatic rings. The van der Waals surface area contributed by atoms with Crippen molar-refractivity contribution in [3.05, 3.63) is 59.4 Å². The van der Waals surface area contributed by atoms with E-state index in [1.54, 1.807) is 19.3 Å². The molecule has 28 heavy (non-hydrogen) atoms. The average molecular weight is 403 g/mol. The Bertz CT molecular complexity index is 909. The van der Waals surface area contributed by atoms with Gasteiger partial charge in [0.1, 0.15) is 0 Å². The normalized spacial score (nSPS) is 13.4. The summed E-state index contributed by atoms with van der Waals surface area (Å²) in [6.07, 6.45) is 4.92. The van der Waals surface area contributed by atoms with Crippen molar-refractivity contribution >= 4 is 15.8 Å². The molecule has 1 heterocycles. The molecule has 0 saturated heterocycles. The molecule has 0 amide bonds. The Morgan fingerprint density at radius 2 is 1.96 bits per heavy atom. The molecule has 0 saturated carbocycles. The molecule has 0 aliphatic carbocycles. The van der Waals surface area contributed by atoms with Crippen molar-refractivity contribution in [1.82, 2.24) is 15.6 Å². The van der Waals surface area contributed by atoms with Gasteiger partial charge in [-0.1, -0.05) is 32.0 Å². The van der Waals surface area contributed by atoms with Crippen LogP contribution in [0.3, 0.4) is 0 Å². The van der Waals surface area contributed by atoms with E-state index < -0.39 is 9.84 Å². The minimum absolute atomic E-state index is 0.323. The van der Waals surface area contributed by atoms with Crippen LogP contribution in [-0.2, 0) is 16.4 Å². The average Bonchev–Trinajstić information content (AvgIpc) is 2.64. The molecule has 6 nitrogen and oxygen atoms in total. The van der Waals surface area contributed by atoms with Gasteiger partial charge in [0.05, 0.1) is 4.90 Å². The van der Waals surface area contributed by atoms with Crippen LogP contribution in [0, 0.1) is 12.8 Å². The first kappa shape index (κ1) is 21.9. The first-order valence-corrected chi connectivity index (χ1v) is 11.3. The second-order valence-electron chi connectivity index (χ2n) is 7.32. The summed E-state index contributed by atoms with van der Waals surface area (Å²) < 4.78 is 23.5. The quantitative estimate of drug-likeness (QED) is 0.550. The fourth-order valence-corrected chi connectivity index (χ4v) is 4.14. The smallest absolute Gasteiger partial charge is 0.191 e. The zero-order valence-corrected chi connectivity index (χ0v) is 18.0. The Kier molecular flexibility index (Phi) is 7.57. The van der Waals surface area contributed by atoms with E-state index in [1.165, 1.54) is 11.8 Å². The highest BCUT2D eigenvalue weighted by Gasteiger charge is 2.16. The third-order valence-corrected chi connectivity index (χ3v) is 5.99. The topological polar surface area (TPSA) is 83.5 Å². The lowest BCUT2D eigenvalue weighted by Gasteiger charge is -2.23. The highest BCUT2D eigenvalue weighted by Crippen LogP contribution is 2.22. The van der Waals surface area contributed by atoms with Crippen LogP contribution in [0.1, 0.15) is 36.5 Å². The molecule has 0 aliphatic heterocycles. The Balaban J connectivity index is 1.99. The van der Waals surface area contributed by atoms with E-state index in [0.29, 0.717) is 29.2 Å². The minimum Gasteiger partial charge on any atom is -0.356 e. The Morgan fingerprint density at radius 3 is 2.50 bits per heavy atom. The standard InChI is InChI=1S/C21H30N4O2S/c1-15(2)19(18-7-6-10-23-13-18)14-25-21(22-4)24-12-17-8-9-20(16(3)11-17)28(5,26)27/h6-11,13,15,19H,12,14H2,1-5H3,(H2,22,24,25). The van der Waals surface area contributed by atoms with Crippen LogP contribution in [-0.4, -0.2) is 39.2 Å². The number of benzene rings is 1. The highest BCUT2D eigenvalue weighted by molar-refractivity contribution is 7.90. The van der Waals surface area contributed by atoms with E-state index in [1.807, 2.05) is 31.3 Å². The third kappa shape index (κ3) is 6.05. The number of pyridine rings is 1. The van der Waals surface area contributed by atoms with E-state index >= 15 is 0 Å². The van der Waals surface area contributed by atoms with Gasteiger partial charge in [-0.3, -0.25) is 9.98 Å². The van der Waals surface area contributed by atoms with Gasteiger partial charge in [-0.25, -0.2) is 8.42 Å². The van der Waals surface area contributed by atoms with Crippen LogP contribution < -0.4 is 10.6 Å². The van der Waals surface area contributed by atoms with Crippen LogP contribution in [0.5, 0.6) is 0 Å². The first-order chi connectivity index (χ1) is 13.2. The summed E-state index contributed by atoms with van der Waals surface area (Å²) in [5.74, 6) is 1.49. The molecule has 0 spiro atoms. The maximum atomic E-state index is 11.7. The van der Waals surface area contributed by atoms with Gasteiger partial charge >= 0.3 is 0 Å². The van der Waals surface area contributed by atoms with Gasteiger partial charge in [0.2, 0.25) is 0 Å². The molecule has 0 radical (unpaired) electrons. The summed E-state index contributed by atoms with van der Waals surface area (Å²) in [6.45, 7) is 7.51. The van der Waals surface area contributed by atoms with E-state index in [9.17, 15) is 8.42 Å². The van der Waals surface area contributed by atoms with Gasteiger partial charge in [-0.15, -0.1) is 0 Å². The molecule has 0 fully saturated rings. The van der Waals surface area contributed by atoms with Crippen LogP contribution in [0.4, 0.5) is 0 Å². The zero-order valence-electron chi connectivity index (χ0n) is 17.2. The Labute approximate surface area is 168 Å². The van der Waals surface area contributed by atoms with E-state index in [2.05, 4.69) is 40.5 Å². The van der Waals surface area contributed by atoms with Crippen LogP contribution in [0.15, 0.2) is 52.6 Å². The number of hydrogen-bond acceptors (Lipinski definition) is 4. The van der Waals surface area contributed by atoms with Crippen molar-refractivity contribution in [2.24, 2.45) is 10.9 Å². The largest absolute Gasteiger partial charge is 0.356 e. The van der Waals surface area contributed by atoms with Crippen molar-refractivity contribution in [3.63, 3.8) is 0 Å². The molecule has 1 aromatic carbocycles. The number of nitrogens with one attached hydrogen (secondary N) is 2. The lowest BCUT2D eigenvalue weighted by Crippen LogP contribution is -2.39. The lowest BCUT2D eigenvalue weighted by molar-refractivity contribution is 0.487. The minimum atomic E-state index is -3.20. The Morgan fingerprint density at radius 1 is 1.21 bits per heavy atom. The van der Waals surface area contributed by atoms with Crippen molar-refractivity contribution in [2.75, 3.05) is 19.8 Å². The molecular weight excluding hydrogens is 372 g/mol. The number of sulfone groups is 1. The van der Waals surface area contributed by atoms with Crippen molar-refractivity contribution in [2.45, 2.75) is 38.1 Å². The summed E-state index contributed by atoms with van der Waals surface area (Å²) in [5.41, 5.74) is 2.95. The molecule has 7 heteroatoms. The van der Waals surface area contributed by atoms with Gasteiger partial charge in [0, 0.05) is 44.7 Å². The van der Waals surface area contributed by atoms with E-state index in [0.717, 1.165) is 17.7 Å². The van der Waals surface area contributed by atoms with Crippen LogP contribution in [0.2, 0.25) is 0 Å². The molecule has 2 rings (SSSR count). The van der Waals surface area contributed by atoms with Crippen molar-refractivity contribution in [3.8, 4) is 0 Å². The molecule has 1 unspecified atom stereocenters. The number of rotatable bonds is 7. The molecule has 1 aromatic heterocycles. The van der Waals surface area contributed by atoms with E-state index in [-0.39, 0.29) is 0 Å². The first-order valence-electron chi connectivity index (χ1n) is 9.36. The second-order valence-corrected chi connectivity index (χ2v) is 9.30.